The Labute approximate surface area is 64.2 Å². The van der Waals surface area contributed by atoms with E-state index in [9.17, 15) is 4.79 Å². The Morgan fingerprint density at radius 1 is 1.45 bits per heavy atom. The molecule has 4 heteroatoms. The van der Waals surface area contributed by atoms with Crippen molar-refractivity contribution < 1.29 is 0 Å². The van der Waals surface area contributed by atoms with E-state index in [0.29, 0.717) is 0 Å². The molecule has 1 aromatic rings. The predicted molar refractivity (Wildman–Crippen MR) is 41.5 cm³/mol. The van der Waals surface area contributed by atoms with Gasteiger partial charge in [0.2, 0.25) is 0 Å². The summed E-state index contributed by atoms with van der Waals surface area (Å²) >= 11 is 0. The summed E-state index contributed by atoms with van der Waals surface area (Å²) in [6.45, 7) is 1.80. The largest absolute Gasteiger partial charge is 0.302 e. The number of nitrogens with zero attached hydrogens (tertiary/aromatic N) is 1. The molecule has 0 radical (unpaired) electrons. The SMILES string of the molecule is CN1CCc2[nH][nH]c(=O)c2C1. The highest BCUT2D eigenvalue weighted by molar-refractivity contribution is 5.18. The standard InChI is InChI=1S/C7H11N3O/c1-10-3-2-6-5(4-10)7(11)9-8-6/h2-4H2,1H3,(H2,8,9,11). The minimum absolute atomic E-state index is 0.0338. The summed E-state index contributed by atoms with van der Waals surface area (Å²) in [7, 11) is 2.02. The van der Waals surface area contributed by atoms with Gasteiger partial charge in [0.05, 0.1) is 5.56 Å². The van der Waals surface area contributed by atoms with Gasteiger partial charge in [0.25, 0.3) is 5.56 Å². The normalized spacial score (nSPS) is 18.3. The molecule has 2 N–H and O–H groups in total. The van der Waals surface area contributed by atoms with Gasteiger partial charge in [0.1, 0.15) is 0 Å². The molecule has 0 atom stereocenters. The van der Waals surface area contributed by atoms with Crippen LogP contribution in [0.2, 0.25) is 0 Å². The third kappa shape index (κ3) is 0.991. The molecule has 0 unspecified atom stereocenters. The molecule has 0 aliphatic carbocycles. The number of H-pyrrole nitrogens is 2. The Bertz CT molecular complexity index is 312. The van der Waals surface area contributed by atoms with Crippen LogP contribution in [0.3, 0.4) is 0 Å². The number of aromatic amines is 2. The van der Waals surface area contributed by atoms with Crippen molar-refractivity contribution in [3.63, 3.8) is 0 Å². The number of likely N-dealkylation sites (N-methyl/N-ethyl adjacent to an activating group) is 1. The van der Waals surface area contributed by atoms with Crippen LogP contribution in [0.4, 0.5) is 0 Å². The summed E-state index contributed by atoms with van der Waals surface area (Å²) in [6.07, 6.45) is 0.949. The minimum Gasteiger partial charge on any atom is -0.302 e. The number of aromatic nitrogens is 2. The number of hydrogen-bond acceptors (Lipinski definition) is 2. The van der Waals surface area contributed by atoms with Gasteiger partial charge in [-0.3, -0.25) is 9.89 Å². The smallest absolute Gasteiger partial charge is 0.268 e. The molecule has 60 valence electrons. The van der Waals surface area contributed by atoms with Crippen molar-refractivity contribution in [3.05, 3.63) is 21.6 Å². The van der Waals surface area contributed by atoms with E-state index in [1.165, 1.54) is 0 Å². The lowest BCUT2D eigenvalue weighted by molar-refractivity contribution is 0.311. The number of fused-ring (bicyclic) bond motifs is 1. The van der Waals surface area contributed by atoms with Gasteiger partial charge in [-0.2, -0.15) is 0 Å². The highest BCUT2D eigenvalue weighted by Gasteiger charge is 2.16. The van der Waals surface area contributed by atoms with Crippen molar-refractivity contribution in [1.29, 1.82) is 0 Å². The summed E-state index contributed by atoms with van der Waals surface area (Å²) in [6, 6.07) is 0. The van der Waals surface area contributed by atoms with Crippen LogP contribution in [-0.2, 0) is 13.0 Å². The topological polar surface area (TPSA) is 51.9 Å². The zero-order valence-corrected chi connectivity index (χ0v) is 6.48. The van der Waals surface area contributed by atoms with Gasteiger partial charge in [-0.15, -0.1) is 0 Å². The lowest BCUT2D eigenvalue weighted by Gasteiger charge is -2.20. The van der Waals surface area contributed by atoms with Crippen LogP contribution in [0.25, 0.3) is 0 Å². The van der Waals surface area contributed by atoms with E-state index in [2.05, 4.69) is 15.1 Å². The Morgan fingerprint density at radius 3 is 3.09 bits per heavy atom. The van der Waals surface area contributed by atoms with Gasteiger partial charge in [-0.25, -0.2) is 0 Å². The van der Waals surface area contributed by atoms with Gasteiger partial charge < -0.3 is 10.00 Å². The van der Waals surface area contributed by atoms with Gasteiger partial charge in [0.15, 0.2) is 0 Å². The Morgan fingerprint density at radius 2 is 2.27 bits per heavy atom. The number of hydrogen-bond donors (Lipinski definition) is 2. The van der Waals surface area contributed by atoms with Gasteiger partial charge in [-0.05, 0) is 7.05 Å². The molecule has 2 heterocycles. The Hall–Kier alpha value is -1.03. The minimum atomic E-state index is 0.0338. The van der Waals surface area contributed by atoms with Crippen LogP contribution in [0.15, 0.2) is 4.79 Å². The molecule has 11 heavy (non-hydrogen) atoms. The second-order valence-corrected chi connectivity index (χ2v) is 3.02. The summed E-state index contributed by atoms with van der Waals surface area (Å²) in [5, 5.41) is 5.47. The average Bonchev–Trinajstić information content (AvgIpc) is 2.33. The first-order chi connectivity index (χ1) is 5.27. The van der Waals surface area contributed by atoms with E-state index in [1.807, 2.05) is 7.05 Å². The molecule has 0 aromatic carbocycles. The van der Waals surface area contributed by atoms with Crippen LogP contribution < -0.4 is 5.56 Å². The molecule has 0 saturated heterocycles. The molecule has 1 aliphatic rings. The summed E-state index contributed by atoms with van der Waals surface area (Å²) < 4.78 is 0. The first-order valence-electron chi connectivity index (χ1n) is 3.74. The molecule has 1 aliphatic heterocycles. The van der Waals surface area contributed by atoms with Crippen molar-refractivity contribution in [1.82, 2.24) is 15.1 Å². The van der Waals surface area contributed by atoms with E-state index < -0.39 is 0 Å². The molecule has 2 rings (SSSR count). The lowest BCUT2D eigenvalue weighted by atomic mass is 10.1. The van der Waals surface area contributed by atoms with E-state index in [1.54, 1.807) is 0 Å². The van der Waals surface area contributed by atoms with E-state index in [0.717, 1.165) is 30.8 Å². The predicted octanol–water partition coefficient (Wildman–Crippen LogP) is -0.309. The molecule has 0 saturated carbocycles. The summed E-state index contributed by atoms with van der Waals surface area (Å²) in [5.41, 5.74) is 2.01. The highest BCUT2D eigenvalue weighted by atomic mass is 16.1. The third-order valence-corrected chi connectivity index (χ3v) is 2.14. The average molecular weight is 153 g/mol. The Kier molecular flexibility index (Phi) is 1.35. The second kappa shape index (κ2) is 2.23. The van der Waals surface area contributed by atoms with E-state index in [-0.39, 0.29) is 5.56 Å². The Balaban J connectivity index is 2.45. The second-order valence-electron chi connectivity index (χ2n) is 3.02. The molecule has 0 spiro atoms. The highest BCUT2D eigenvalue weighted by Crippen LogP contribution is 2.10. The van der Waals surface area contributed by atoms with E-state index >= 15 is 0 Å². The number of nitrogens with one attached hydrogen (secondary N) is 2. The van der Waals surface area contributed by atoms with Crippen molar-refractivity contribution in [3.8, 4) is 0 Å². The maximum atomic E-state index is 11.1. The van der Waals surface area contributed by atoms with Crippen molar-refractivity contribution >= 4 is 0 Å². The van der Waals surface area contributed by atoms with Crippen LogP contribution in [-0.4, -0.2) is 28.7 Å². The van der Waals surface area contributed by atoms with Gasteiger partial charge >= 0.3 is 0 Å². The third-order valence-electron chi connectivity index (χ3n) is 2.14. The maximum Gasteiger partial charge on any atom is 0.268 e. The van der Waals surface area contributed by atoms with Crippen molar-refractivity contribution in [2.24, 2.45) is 0 Å². The van der Waals surface area contributed by atoms with Gasteiger partial charge in [0, 0.05) is 25.2 Å². The molecular weight excluding hydrogens is 142 g/mol. The zero-order chi connectivity index (χ0) is 7.84. The fourth-order valence-electron chi connectivity index (χ4n) is 1.45. The fourth-order valence-corrected chi connectivity index (χ4v) is 1.45. The molecule has 0 amide bonds. The number of rotatable bonds is 0. The molecule has 0 bridgehead atoms. The molecule has 4 nitrogen and oxygen atoms in total. The van der Waals surface area contributed by atoms with Gasteiger partial charge in [-0.1, -0.05) is 0 Å². The quantitative estimate of drug-likeness (QED) is 0.537. The first kappa shape index (κ1) is 6.67. The van der Waals surface area contributed by atoms with Crippen LogP contribution in [0.1, 0.15) is 11.3 Å². The summed E-state index contributed by atoms with van der Waals surface area (Å²) in [5.74, 6) is 0. The zero-order valence-electron chi connectivity index (χ0n) is 6.48. The molecular formula is C7H11N3O. The monoisotopic (exact) mass is 153 g/mol. The van der Waals surface area contributed by atoms with Crippen LogP contribution >= 0.6 is 0 Å². The maximum absolute atomic E-state index is 11.1. The molecule has 0 fully saturated rings. The first-order valence-corrected chi connectivity index (χ1v) is 3.74. The van der Waals surface area contributed by atoms with E-state index in [4.69, 9.17) is 0 Å². The van der Waals surface area contributed by atoms with Crippen molar-refractivity contribution in [2.75, 3.05) is 13.6 Å². The lowest BCUT2D eigenvalue weighted by Crippen LogP contribution is -2.28. The van der Waals surface area contributed by atoms with Crippen LogP contribution in [0, 0.1) is 0 Å². The summed E-state index contributed by atoms with van der Waals surface area (Å²) in [4.78, 5) is 13.2. The molecule has 1 aromatic heterocycles. The van der Waals surface area contributed by atoms with Crippen LogP contribution in [0.5, 0.6) is 0 Å². The fraction of sp³-hybridized carbons (Fsp3) is 0.571. The van der Waals surface area contributed by atoms with Crippen molar-refractivity contribution in [2.45, 2.75) is 13.0 Å².